The van der Waals surface area contributed by atoms with Crippen molar-refractivity contribution in [1.29, 1.82) is 0 Å². The lowest BCUT2D eigenvalue weighted by Gasteiger charge is -2.10. The molecular weight excluding hydrogens is 228 g/mol. The number of nitrogens with zero attached hydrogens (tertiary/aromatic N) is 3. The van der Waals surface area contributed by atoms with Gasteiger partial charge in [-0.1, -0.05) is 27.7 Å². The summed E-state index contributed by atoms with van der Waals surface area (Å²) in [7, 11) is 0. The predicted octanol–water partition coefficient (Wildman–Crippen LogP) is 1.84. The maximum atomic E-state index is 5.59. The Balaban J connectivity index is 2.23. The van der Waals surface area contributed by atoms with Crippen LogP contribution in [0.1, 0.15) is 39.9 Å². The van der Waals surface area contributed by atoms with Crippen LogP contribution in [0.5, 0.6) is 0 Å². The van der Waals surface area contributed by atoms with Crippen molar-refractivity contribution >= 4 is 0 Å². The van der Waals surface area contributed by atoms with Crippen molar-refractivity contribution in [2.45, 2.75) is 53.2 Å². The van der Waals surface area contributed by atoms with E-state index >= 15 is 0 Å². The zero-order valence-electron chi connectivity index (χ0n) is 12.0. The first kappa shape index (κ1) is 15.1. The molecule has 0 aliphatic heterocycles. The van der Waals surface area contributed by atoms with Gasteiger partial charge >= 0.3 is 0 Å². The van der Waals surface area contributed by atoms with E-state index in [9.17, 15) is 0 Å². The number of rotatable bonds is 9. The first-order valence-corrected chi connectivity index (χ1v) is 6.77. The minimum absolute atomic E-state index is 0.456. The Labute approximate surface area is 110 Å². The maximum Gasteiger partial charge on any atom is 0.140 e. The van der Waals surface area contributed by atoms with Crippen molar-refractivity contribution in [3.05, 3.63) is 12.2 Å². The fourth-order valence-corrected chi connectivity index (χ4v) is 1.48. The quantitative estimate of drug-likeness (QED) is 0.683. The van der Waals surface area contributed by atoms with Gasteiger partial charge in [0.1, 0.15) is 12.2 Å². The normalized spacial score (nSPS) is 11.7. The minimum atomic E-state index is 0.456. The number of hydrogen-bond acceptors (Lipinski definition) is 4. The maximum absolute atomic E-state index is 5.59. The van der Waals surface area contributed by atoms with Gasteiger partial charge in [0.2, 0.25) is 0 Å². The molecule has 0 aromatic carbocycles. The Kier molecular flexibility index (Phi) is 6.90. The van der Waals surface area contributed by atoms with Gasteiger partial charge in [0.15, 0.2) is 0 Å². The van der Waals surface area contributed by atoms with Gasteiger partial charge < -0.3 is 10.1 Å². The molecule has 1 rings (SSSR count). The number of nitrogens with one attached hydrogen (secondary N) is 1. The van der Waals surface area contributed by atoms with Gasteiger partial charge in [0, 0.05) is 12.6 Å². The topological polar surface area (TPSA) is 52.0 Å². The lowest BCUT2D eigenvalue weighted by Crippen LogP contribution is -2.24. The van der Waals surface area contributed by atoms with E-state index in [1.165, 1.54) is 0 Å². The van der Waals surface area contributed by atoms with E-state index in [0.717, 1.165) is 31.9 Å². The number of aromatic nitrogens is 3. The Morgan fingerprint density at radius 1 is 1.28 bits per heavy atom. The zero-order chi connectivity index (χ0) is 13.4. The van der Waals surface area contributed by atoms with Crippen LogP contribution in [0.25, 0.3) is 0 Å². The molecule has 0 spiro atoms. The lowest BCUT2D eigenvalue weighted by atomic mass is 10.1. The van der Waals surface area contributed by atoms with Gasteiger partial charge in [-0.05, 0) is 12.3 Å². The molecule has 1 aromatic rings. The highest BCUT2D eigenvalue weighted by Crippen LogP contribution is 1.99. The summed E-state index contributed by atoms with van der Waals surface area (Å²) in [6, 6.07) is 0.456. The molecule has 0 unspecified atom stereocenters. The van der Waals surface area contributed by atoms with Crippen LogP contribution < -0.4 is 5.32 Å². The predicted molar refractivity (Wildman–Crippen MR) is 72.3 cm³/mol. The second kappa shape index (κ2) is 8.21. The average Bonchev–Trinajstić information content (AvgIpc) is 2.73. The Bertz CT molecular complexity index is 323. The zero-order valence-corrected chi connectivity index (χ0v) is 12.0. The smallest absolute Gasteiger partial charge is 0.140 e. The molecule has 0 radical (unpaired) electrons. The molecule has 0 fully saturated rings. The molecule has 5 heteroatoms. The van der Waals surface area contributed by atoms with Crippen LogP contribution in [0.15, 0.2) is 6.33 Å². The molecule has 1 heterocycles. The minimum Gasteiger partial charge on any atom is -0.380 e. The van der Waals surface area contributed by atoms with E-state index in [4.69, 9.17) is 4.74 Å². The van der Waals surface area contributed by atoms with E-state index < -0.39 is 0 Å². The molecule has 0 atom stereocenters. The van der Waals surface area contributed by atoms with E-state index in [2.05, 4.69) is 43.1 Å². The summed E-state index contributed by atoms with van der Waals surface area (Å²) in [6.07, 6.45) is 2.71. The standard InChI is InChI=1S/C13H26N4O/c1-11(2)5-7-18-8-6-17-13(15-10-16-17)9-14-12(3)4/h10-12,14H,5-9H2,1-4H3. The third-order valence-electron chi connectivity index (χ3n) is 2.65. The highest BCUT2D eigenvalue weighted by Gasteiger charge is 2.04. The van der Waals surface area contributed by atoms with Gasteiger partial charge in [-0.15, -0.1) is 0 Å². The second-order valence-electron chi connectivity index (χ2n) is 5.23. The Hall–Kier alpha value is -0.940. The molecule has 0 saturated carbocycles. The van der Waals surface area contributed by atoms with E-state index in [0.29, 0.717) is 18.6 Å². The molecule has 104 valence electrons. The van der Waals surface area contributed by atoms with Crippen LogP contribution in [-0.4, -0.2) is 34.0 Å². The molecule has 0 aliphatic rings. The Morgan fingerprint density at radius 2 is 2.06 bits per heavy atom. The molecule has 0 saturated heterocycles. The average molecular weight is 254 g/mol. The van der Waals surface area contributed by atoms with Crippen molar-refractivity contribution in [3.8, 4) is 0 Å². The van der Waals surface area contributed by atoms with Gasteiger partial charge in [-0.3, -0.25) is 0 Å². The molecule has 0 amide bonds. The summed E-state index contributed by atoms with van der Waals surface area (Å²) < 4.78 is 7.50. The fraction of sp³-hybridized carbons (Fsp3) is 0.846. The Morgan fingerprint density at radius 3 is 2.72 bits per heavy atom. The van der Waals surface area contributed by atoms with Crippen LogP contribution in [0.3, 0.4) is 0 Å². The summed E-state index contributed by atoms with van der Waals surface area (Å²) in [6.45, 7) is 11.7. The fourth-order valence-electron chi connectivity index (χ4n) is 1.48. The van der Waals surface area contributed by atoms with Crippen molar-refractivity contribution < 1.29 is 4.74 Å². The van der Waals surface area contributed by atoms with Crippen LogP contribution in [0.4, 0.5) is 0 Å². The van der Waals surface area contributed by atoms with Gasteiger partial charge in [0.25, 0.3) is 0 Å². The van der Waals surface area contributed by atoms with Gasteiger partial charge in [0.05, 0.1) is 19.7 Å². The molecule has 1 aromatic heterocycles. The monoisotopic (exact) mass is 254 g/mol. The summed E-state index contributed by atoms with van der Waals surface area (Å²) in [5.74, 6) is 1.67. The highest BCUT2D eigenvalue weighted by atomic mass is 16.5. The first-order chi connectivity index (χ1) is 8.59. The summed E-state index contributed by atoms with van der Waals surface area (Å²) in [5.41, 5.74) is 0. The summed E-state index contributed by atoms with van der Waals surface area (Å²) in [5, 5.41) is 7.55. The van der Waals surface area contributed by atoms with Crippen LogP contribution in [-0.2, 0) is 17.8 Å². The van der Waals surface area contributed by atoms with E-state index in [-0.39, 0.29) is 0 Å². The first-order valence-electron chi connectivity index (χ1n) is 6.77. The summed E-state index contributed by atoms with van der Waals surface area (Å²) >= 11 is 0. The molecule has 1 N–H and O–H groups in total. The van der Waals surface area contributed by atoms with Gasteiger partial charge in [-0.25, -0.2) is 9.67 Å². The SMILES string of the molecule is CC(C)CCOCCn1ncnc1CNC(C)C. The third-order valence-corrected chi connectivity index (χ3v) is 2.65. The van der Waals surface area contributed by atoms with Crippen LogP contribution >= 0.6 is 0 Å². The van der Waals surface area contributed by atoms with Crippen LogP contribution in [0, 0.1) is 5.92 Å². The number of hydrogen-bond donors (Lipinski definition) is 1. The van der Waals surface area contributed by atoms with Crippen molar-refractivity contribution in [3.63, 3.8) is 0 Å². The van der Waals surface area contributed by atoms with Crippen molar-refractivity contribution in [2.24, 2.45) is 5.92 Å². The molecular formula is C13H26N4O. The van der Waals surface area contributed by atoms with E-state index in [1.54, 1.807) is 6.33 Å². The highest BCUT2D eigenvalue weighted by molar-refractivity contribution is 4.84. The number of ether oxygens (including phenoxy) is 1. The molecule has 0 aliphatic carbocycles. The van der Waals surface area contributed by atoms with Crippen molar-refractivity contribution in [1.82, 2.24) is 20.1 Å². The molecule has 0 bridgehead atoms. The lowest BCUT2D eigenvalue weighted by molar-refractivity contribution is 0.113. The largest absolute Gasteiger partial charge is 0.380 e. The third kappa shape index (κ3) is 6.12. The summed E-state index contributed by atoms with van der Waals surface area (Å²) in [4.78, 5) is 4.25. The van der Waals surface area contributed by atoms with Gasteiger partial charge in [-0.2, -0.15) is 5.10 Å². The van der Waals surface area contributed by atoms with Crippen LogP contribution in [0.2, 0.25) is 0 Å². The second-order valence-corrected chi connectivity index (χ2v) is 5.23. The molecule has 18 heavy (non-hydrogen) atoms. The van der Waals surface area contributed by atoms with Crippen molar-refractivity contribution in [2.75, 3.05) is 13.2 Å². The van der Waals surface area contributed by atoms with E-state index in [1.807, 2.05) is 4.68 Å². The molecule has 5 nitrogen and oxygen atoms in total.